The van der Waals surface area contributed by atoms with Crippen LogP contribution in [-0.2, 0) is 9.84 Å². The van der Waals surface area contributed by atoms with E-state index in [-0.39, 0.29) is 5.25 Å². The predicted molar refractivity (Wildman–Crippen MR) is 51.4 cm³/mol. The Labute approximate surface area is 77.2 Å². The first kappa shape index (κ1) is 9.74. The lowest BCUT2D eigenvalue weighted by Crippen LogP contribution is -2.12. The van der Waals surface area contributed by atoms with Gasteiger partial charge >= 0.3 is 0 Å². The van der Waals surface area contributed by atoms with Gasteiger partial charge in [-0.1, -0.05) is 0 Å². The molecule has 2 nitrogen and oxygen atoms in total. The van der Waals surface area contributed by atoms with Crippen LogP contribution in [0.2, 0.25) is 0 Å². The molecule has 0 aliphatic heterocycles. The van der Waals surface area contributed by atoms with Crippen LogP contribution < -0.4 is 0 Å². The van der Waals surface area contributed by atoms with Gasteiger partial charge in [-0.05, 0) is 26.8 Å². The maximum atomic E-state index is 11.6. The first-order valence-corrected chi connectivity index (χ1v) is 6.16. The van der Waals surface area contributed by atoms with Gasteiger partial charge < -0.3 is 0 Å². The number of sulfone groups is 1. The zero-order chi connectivity index (χ0) is 9.35. The summed E-state index contributed by atoms with van der Waals surface area (Å²) in [5.41, 5.74) is 0. The molecule has 4 heteroatoms. The second-order valence-electron chi connectivity index (χ2n) is 2.99. The van der Waals surface area contributed by atoms with E-state index in [1.54, 1.807) is 25.3 Å². The molecule has 1 heterocycles. The molecule has 0 spiro atoms. The van der Waals surface area contributed by atoms with Crippen molar-refractivity contribution in [3.8, 4) is 0 Å². The molecule has 0 unspecified atom stereocenters. The minimum absolute atomic E-state index is 0.327. The zero-order valence-electron chi connectivity index (χ0n) is 7.37. The Morgan fingerprint density at radius 3 is 2.33 bits per heavy atom. The molecule has 0 saturated carbocycles. The highest BCUT2D eigenvalue weighted by molar-refractivity contribution is 7.92. The summed E-state index contributed by atoms with van der Waals surface area (Å²) in [7, 11) is -3.05. The van der Waals surface area contributed by atoms with Crippen molar-refractivity contribution in [2.75, 3.05) is 0 Å². The number of hydrogen-bond donors (Lipinski definition) is 0. The summed E-state index contributed by atoms with van der Waals surface area (Å²) in [5, 5.41) is 1.37. The molecule has 68 valence electrons. The van der Waals surface area contributed by atoms with Crippen LogP contribution in [-0.4, -0.2) is 13.7 Å². The number of hydrogen-bond acceptors (Lipinski definition) is 3. The second-order valence-corrected chi connectivity index (χ2v) is 6.61. The molecule has 0 bridgehead atoms. The average molecular weight is 204 g/mol. The van der Waals surface area contributed by atoms with Gasteiger partial charge in [-0.2, -0.15) is 0 Å². The van der Waals surface area contributed by atoms with Crippen molar-refractivity contribution in [2.24, 2.45) is 0 Å². The van der Waals surface area contributed by atoms with Crippen molar-refractivity contribution < 1.29 is 8.42 Å². The molecule has 1 rings (SSSR count). The number of aryl methyl sites for hydroxylation is 1. The van der Waals surface area contributed by atoms with Crippen molar-refractivity contribution in [1.29, 1.82) is 0 Å². The smallest absolute Gasteiger partial charge is 0.181 e. The highest BCUT2D eigenvalue weighted by Crippen LogP contribution is 2.21. The van der Waals surface area contributed by atoms with Crippen LogP contribution in [0.3, 0.4) is 0 Å². The maximum absolute atomic E-state index is 11.6. The highest BCUT2D eigenvalue weighted by atomic mass is 32.2. The summed E-state index contributed by atoms with van der Waals surface area (Å²) in [4.78, 5) is 1.49. The van der Waals surface area contributed by atoms with Gasteiger partial charge in [0.2, 0.25) is 0 Å². The number of rotatable bonds is 2. The molecule has 0 fully saturated rings. The summed E-state index contributed by atoms with van der Waals surface area (Å²) >= 11 is 1.47. The van der Waals surface area contributed by atoms with Crippen molar-refractivity contribution in [3.05, 3.63) is 16.3 Å². The van der Waals surface area contributed by atoms with E-state index >= 15 is 0 Å². The molecule has 12 heavy (non-hydrogen) atoms. The normalized spacial score (nSPS) is 12.3. The molecule has 0 aliphatic carbocycles. The Balaban J connectivity index is 3.15. The Morgan fingerprint density at radius 1 is 1.42 bits per heavy atom. The topological polar surface area (TPSA) is 34.1 Å². The summed E-state index contributed by atoms with van der Waals surface area (Å²) in [6.07, 6.45) is 0. The van der Waals surface area contributed by atoms with Gasteiger partial charge in [-0.25, -0.2) is 8.42 Å². The fourth-order valence-corrected chi connectivity index (χ4v) is 3.05. The van der Waals surface area contributed by atoms with Gasteiger partial charge in [0.25, 0.3) is 0 Å². The molecule has 0 aromatic carbocycles. The molecule has 0 saturated heterocycles. The van der Waals surface area contributed by atoms with Crippen LogP contribution in [0.5, 0.6) is 0 Å². The minimum atomic E-state index is -3.05. The molecule has 0 atom stereocenters. The maximum Gasteiger partial charge on any atom is 0.181 e. The first-order chi connectivity index (χ1) is 5.44. The van der Waals surface area contributed by atoms with Gasteiger partial charge in [0.05, 0.1) is 10.1 Å². The monoisotopic (exact) mass is 204 g/mol. The van der Waals surface area contributed by atoms with Gasteiger partial charge in [0, 0.05) is 10.3 Å². The van der Waals surface area contributed by atoms with E-state index in [2.05, 4.69) is 0 Å². The zero-order valence-corrected chi connectivity index (χ0v) is 9.00. The molecule has 0 N–H and O–H groups in total. The van der Waals surface area contributed by atoms with Crippen LogP contribution in [0.4, 0.5) is 0 Å². The largest absolute Gasteiger partial charge is 0.223 e. The van der Waals surface area contributed by atoms with Crippen molar-refractivity contribution in [3.63, 3.8) is 0 Å². The van der Waals surface area contributed by atoms with Crippen LogP contribution in [0.25, 0.3) is 0 Å². The minimum Gasteiger partial charge on any atom is -0.223 e. The lowest BCUT2D eigenvalue weighted by Gasteiger charge is -2.03. The van der Waals surface area contributed by atoms with E-state index in [1.165, 1.54) is 11.3 Å². The fourth-order valence-electron chi connectivity index (χ4n) is 0.841. The van der Waals surface area contributed by atoms with Crippen LogP contribution in [0.1, 0.15) is 18.7 Å². The Morgan fingerprint density at radius 2 is 2.00 bits per heavy atom. The van der Waals surface area contributed by atoms with Crippen molar-refractivity contribution in [1.82, 2.24) is 0 Å². The molecule has 0 aliphatic rings. The summed E-state index contributed by atoms with van der Waals surface area (Å²) in [6, 6.07) is 1.72. The van der Waals surface area contributed by atoms with E-state index in [0.717, 1.165) is 4.88 Å². The summed E-state index contributed by atoms with van der Waals surface area (Å²) in [5.74, 6) is 0. The molecule has 0 radical (unpaired) electrons. The predicted octanol–water partition coefficient (Wildman–Crippen LogP) is 2.24. The third kappa shape index (κ3) is 1.69. The van der Waals surface area contributed by atoms with E-state index in [1.807, 2.05) is 6.92 Å². The summed E-state index contributed by atoms with van der Waals surface area (Å²) in [6.45, 7) is 5.30. The van der Waals surface area contributed by atoms with Gasteiger partial charge in [0.15, 0.2) is 9.84 Å². The first-order valence-electron chi connectivity index (χ1n) is 3.73. The standard InChI is InChI=1S/C8H12O2S2/c1-6(2)12(9,10)8-4-7(3)11-5-8/h4-6H,1-3H3. The molecular formula is C8H12O2S2. The molecule has 1 aromatic rings. The Kier molecular flexibility index (Phi) is 2.58. The van der Waals surface area contributed by atoms with Crippen LogP contribution in [0.15, 0.2) is 16.3 Å². The third-order valence-corrected chi connectivity index (χ3v) is 4.80. The van der Waals surface area contributed by atoms with E-state index < -0.39 is 9.84 Å². The third-order valence-electron chi connectivity index (χ3n) is 1.66. The Hall–Kier alpha value is -0.350. The highest BCUT2D eigenvalue weighted by Gasteiger charge is 2.19. The average Bonchev–Trinajstić information content (AvgIpc) is 2.35. The van der Waals surface area contributed by atoms with E-state index in [4.69, 9.17) is 0 Å². The van der Waals surface area contributed by atoms with Crippen molar-refractivity contribution in [2.45, 2.75) is 30.9 Å². The van der Waals surface area contributed by atoms with Gasteiger partial charge in [0.1, 0.15) is 0 Å². The Bertz CT molecular complexity index is 360. The van der Waals surface area contributed by atoms with Gasteiger partial charge in [-0.15, -0.1) is 11.3 Å². The molecule has 0 amide bonds. The van der Waals surface area contributed by atoms with Gasteiger partial charge in [-0.3, -0.25) is 0 Å². The quantitative estimate of drug-likeness (QED) is 0.740. The van der Waals surface area contributed by atoms with Crippen LogP contribution in [0, 0.1) is 6.92 Å². The van der Waals surface area contributed by atoms with E-state index in [9.17, 15) is 8.42 Å². The lowest BCUT2D eigenvalue weighted by atomic mass is 10.5. The molecule has 1 aromatic heterocycles. The van der Waals surface area contributed by atoms with Crippen molar-refractivity contribution >= 4 is 21.2 Å². The van der Waals surface area contributed by atoms with E-state index in [0.29, 0.717) is 4.90 Å². The number of thiophene rings is 1. The fraction of sp³-hybridized carbons (Fsp3) is 0.500. The molecular weight excluding hydrogens is 192 g/mol. The second kappa shape index (κ2) is 3.18. The van der Waals surface area contributed by atoms with Crippen LogP contribution >= 0.6 is 11.3 Å². The summed E-state index contributed by atoms with van der Waals surface area (Å²) < 4.78 is 23.1. The lowest BCUT2D eigenvalue weighted by molar-refractivity contribution is 0.587. The SMILES string of the molecule is Cc1cc(S(=O)(=O)C(C)C)cs1.